The number of benzene rings is 1. The van der Waals surface area contributed by atoms with E-state index in [0.717, 1.165) is 42.7 Å². The van der Waals surface area contributed by atoms with Gasteiger partial charge in [-0.15, -0.1) is 0 Å². The first-order chi connectivity index (χ1) is 10.3. The number of halogens is 1. The van der Waals surface area contributed by atoms with Gasteiger partial charge in [0.05, 0.1) is 10.7 Å². The predicted molar refractivity (Wildman–Crippen MR) is 85.7 cm³/mol. The van der Waals surface area contributed by atoms with Gasteiger partial charge in [-0.05, 0) is 12.1 Å². The van der Waals surface area contributed by atoms with E-state index < -0.39 is 0 Å². The van der Waals surface area contributed by atoms with Crippen molar-refractivity contribution in [1.82, 2.24) is 9.97 Å². The van der Waals surface area contributed by atoms with Crippen LogP contribution in [0.3, 0.4) is 0 Å². The Morgan fingerprint density at radius 3 is 2.48 bits per heavy atom. The molecule has 0 aliphatic carbocycles. The van der Waals surface area contributed by atoms with E-state index in [9.17, 15) is 0 Å². The van der Waals surface area contributed by atoms with Gasteiger partial charge in [-0.25, -0.2) is 15.8 Å². The van der Waals surface area contributed by atoms with Crippen LogP contribution in [0.15, 0.2) is 36.7 Å². The van der Waals surface area contributed by atoms with E-state index in [1.807, 2.05) is 24.3 Å². The Bertz CT molecular complexity index is 612. The van der Waals surface area contributed by atoms with Gasteiger partial charge < -0.3 is 15.2 Å². The molecule has 0 bridgehead atoms. The van der Waals surface area contributed by atoms with Gasteiger partial charge in [-0.1, -0.05) is 23.7 Å². The van der Waals surface area contributed by atoms with Gasteiger partial charge in [0.2, 0.25) is 0 Å². The largest absolute Gasteiger partial charge is 0.367 e. The highest BCUT2D eigenvalue weighted by Crippen LogP contribution is 2.26. The highest BCUT2D eigenvalue weighted by Gasteiger charge is 2.19. The second-order valence-corrected chi connectivity index (χ2v) is 5.24. The summed E-state index contributed by atoms with van der Waals surface area (Å²) in [6.07, 6.45) is 1.52. The van der Waals surface area contributed by atoms with Crippen LogP contribution in [0.5, 0.6) is 0 Å². The van der Waals surface area contributed by atoms with Crippen LogP contribution in [0.2, 0.25) is 5.02 Å². The van der Waals surface area contributed by atoms with Crippen LogP contribution in [-0.4, -0.2) is 36.1 Å². The van der Waals surface area contributed by atoms with Crippen molar-refractivity contribution in [3.8, 4) is 0 Å². The van der Waals surface area contributed by atoms with E-state index in [1.54, 1.807) is 0 Å². The fourth-order valence-electron chi connectivity index (χ4n) is 2.48. The first kappa shape index (κ1) is 13.9. The van der Waals surface area contributed by atoms with Crippen LogP contribution in [0.1, 0.15) is 0 Å². The molecule has 2 heterocycles. The van der Waals surface area contributed by atoms with Gasteiger partial charge in [0.1, 0.15) is 18.0 Å². The lowest BCUT2D eigenvalue weighted by molar-refractivity contribution is 0.647. The van der Waals surface area contributed by atoms with Crippen molar-refractivity contribution < 1.29 is 0 Å². The number of anilines is 3. The van der Waals surface area contributed by atoms with Crippen molar-refractivity contribution in [2.24, 2.45) is 5.84 Å². The number of hydrogen-bond acceptors (Lipinski definition) is 6. The van der Waals surface area contributed by atoms with Crippen LogP contribution in [0.25, 0.3) is 0 Å². The Kier molecular flexibility index (Phi) is 4.08. The SMILES string of the molecule is NNc1cc(N2CCN(c3ccccc3Cl)CC2)ncn1. The summed E-state index contributed by atoms with van der Waals surface area (Å²) in [5.41, 5.74) is 3.63. The third-order valence-electron chi connectivity index (χ3n) is 3.60. The molecule has 7 heteroatoms. The summed E-state index contributed by atoms with van der Waals surface area (Å²) in [7, 11) is 0. The lowest BCUT2D eigenvalue weighted by Gasteiger charge is -2.37. The van der Waals surface area contributed by atoms with E-state index in [4.69, 9.17) is 17.4 Å². The fraction of sp³-hybridized carbons (Fsp3) is 0.286. The molecule has 0 amide bonds. The number of hydrogen-bond donors (Lipinski definition) is 2. The summed E-state index contributed by atoms with van der Waals surface area (Å²) in [5.74, 6) is 6.89. The summed E-state index contributed by atoms with van der Waals surface area (Å²) in [5, 5.41) is 0.794. The molecule has 0 atom stereocenters. The van der Waals surface area contributed by atoms with Gasteiger partial charge in [0.15, 0.2) is 0 Å². The minimum Gasteiger partial charge on any atom is -0.367 e. The molecule has 0 unspecified atom stereocenters. The van der Waals surface area contributed by atoms with Crippen molar-refractivity contribution in [1.29, 1.82) is 0 Å². The minimum absolute atomic E-state index is 0.619. The average molecular weight is 305 g/mol. The summed E-state index contributed by atoms with van der Waals surface area (Å²) in [6, 6.07) is 9.79. The molecule has 1 saturated heterocycles. The average Bonchev–Trinajstić information content (AvgIpc) is 2.56. The highest BCUT2D eigenvalue weighted by molar-refractivity contribution is 6.33. The number of aromatic nitrogens is 2. The summed E-state index contributed by atoms with van der Waals surface area (Å²) in [4.78, 5) is 12.8. The number of nitrogens with zero attached hydrogens (tertiary/aromatic N) is 4. The molecule has 0 spiro atoms. The summed E-state index contributed by atoms with van der Waals surface area (Å²) >= 11 is 6.25. The van der Waals surface area contributed by atoms with Gasteiger partial charge in [0, 0.05) is 32.2 Å². The number of para-hydroxylation sites is 1. The molecule has 2 aromatic rings. The molecule has 1 aliphatic rings. The van der Waals surface area contributed by atoms with Crippen LogP contribution in [0, 0.1) is 0 Å². The van der Waals surface area contributed by atoms with E-state index in [-0.39, 0.29) is 0 Å². The second kappa shape index (κ2) is 6.15. The van der Waals surface area contributed by atoms with Crippen molar-refractivity contribution in [3.63, 3.8) is 0 Å². The van der Waals surface area contributed by atoms with Crippen LogP contribution >= 0.6 is 11.6 Å². The number of hydrazine groups is 1. The molecule has 110 valence electrons. The predicted octanol–water partition coefficient (Wildman–Crippen LogP) is 1.74. The molecule has 1 aromatic heterocycles. The zero-order valence-electron chi connectivity index (χ0n) is 11.5. The summed E-state index contributed by atoms with van der Waals surface area (Å²) in [6.45, 7) is 3.57. The number of nitrogens with two attached hydrogens (primary N) is 1. The molecular formula is C14H17ClN6. The minimum atomic E-state index is 0.619. The van der Waals surface area contributed by atoms with Crippen molar-refractivity contribution in [3.05, 3.63) is 41.7 Å². The van der Waals surface area contributed by atoms with Gasteiger partial charge in [0.25, 0.3) is 0 Å². The third kappa shape index (κ3) is 3.01. The monoisotopic (exact) mass is 304 g/mol. The molecule has 1 aliphatic heterocycles. The Morgan fingerprint density at radius 1 is 1.05 bits per heavy atom. The Balaban J connectivity index is 1.69. The lowest BCUT2D eigenvalue weighted by atomic mass is 10.2. The first-order valence-corrected chi connectivity index (χ1v) is 7.19. The standard InChI is InChI=1S/C14H17ClN6/c15-11-3-1-2-4-12(11)20-5-7-21(8-6-20)14-9-13(19-16)17-10-18-14/h1-4,9-10H,5-8,16H2,(H,17,18,19). The van der Waals surface area contributed by atoms with E-state index in [1.165, 1.54) is 6.33 Å². The van der Waals surface area contributed by atoms with Crippen molar-refractivity contribution in [2.75, 3.05) is 41.4 Å². The maximum atomic E-state index is 6.25. The van der Waals surface area contributed by atoms with E-state index in [2.05, 4.69) is 31.3 Å². The molecule has 0 radical (unpaired) electrons. The number of nitrogens with one attached hydrogen (secondary N) is 1. The zero-order valence-corrected chi connectivity index (χ0v) is 12.3. The van der Waals surface area contributed by atoms with Gasteiger partial charge >= 0.3 is 0 Å². The number of nitrogen functional groups attached to an aromatic ring is 1. The Labute approximate surface area is 128 Å². The second-order valence-electron chi connectivity index (χ2n) is 4.83. The molecule has 0 saturated carbocycles. The maximum Gasteiger partial charge on any atom is 0.145 e. The molecule has 1 fully saturated rings. The topological polar surface area (TPSA) is 70.3 Å². The Morgan fingerprint density at radius 2 is 1.76 bits per heavy atom. The first-order valence-electron chi connectivity index (χ1n) is 6.81. The lowest BCUT2D eigenvalue weighted by Crippen LogP contribution is -2.47. The molecule has 3 rings (SSSR count). The van der Waals surface area contributed by atoms with Crippen molar-refractivity contribution in [2.45, 2.75) is 0 Å². The molecule has 21 heavy (non-hydrogen) atoms. The molecule has 3 N–H and O–H groups in total. The van der Waals surface area contributed by atoms with Crippen LogP contribution in [-0.2, 0) is 0 Å². The normalized spacial score (nSPS) is 15.1. The highest BCUT2D eigenvalue weighted by atomic mass is 35.5. The molecule has 1 aromatic carbocycles. The number of rotatable bonds is 3. The van der Waals surface area contributed by atoms with Crippen molar-refractivity contribution >= 4 is 28.9 Å². The summed E-state index contributed by atoms with van der Waals surface area (Å²) < 4.78 is 0. The fourth-order valence-corrected chi connectivity index (χ4v) is 2.74. The molecular weight excluding hydrogens is 288 g/mol. The quantitative estimate of drug-likeness (QED) is 0.665. The number of piperazine rings is 1. The van der Waals surface area contributed by atoms with Gasteiger partial charge in [-0.2, -0.15) is 0 Å². The van der Waals surface area contributed by atoms with E-state index in [0.29, 0.717) is 5.82 Å². The van der Waals surface area contributed by atoms with Crippen LogP contribution in [0.4, 0.5) is 17.3 Å². The smallest absolute Gasteiger partial charge is 0.145 e. The Hall–Kier alpha value is -2.05. The third-order valence-corrected chi connectivity index (χ3v) is 3.92. The van der Waals surface area contributed by atoms with Crippen LogP contribution < -0.4 is 21.1 Å². The van der Waals surface area contributed by atoms with Gasteiger partial charge in [-0.3, -0.25) is 0 Å². The molecule has 6 nitrogen and oxygen atoms in total. The van der Waals surface area contributed by atoms with E-state index >= 15 is 0 Å². The maximum absolute atomic E-state index is 6.25. The zero-order chi connectivity index (χ0) is 14.7.